The lowest BCUT2D eigenvalue weighted by atomic mass is 9.74. The summed E-state index contributed by atoms with van der Waals surface area (Å²) in [4.78, 5) is 17.3. The fourth-order valence-corrected chi connectivity index (χ4v) is 5.16. The second-order valence-electron chi connectivity index (χ2n) is 9.31. The average molecular weight is 494 g/mol. The van der Waals surface area contributed by atoms with Crippen molar-refractivity contribution in [1.82, 2.24) is 9.80 Å². The summed E-state index contributed by atoms with van der Waals surface area (Å²) in [6.07, 6.45) is 4.10. The van der Waals surface area contributed by atoms with Crippen molar-refractivity contribution in [2.45, 2.75) is 18.0 Å². The summed E-state index contributed by atoms with van der Waals surface area (Å²) < 4.78 is 5.20. The Morgan fingerprint density at radius 3 is 2.30 bits per heavy atom. The largest absolute Gasteiger partial charge is 0.497 e. The Hall–Kier alpha value is -4.05. The van der Waals surface area contributed by atoms with E-state index >= 15 is 0 Å². The molecule has 6 heteroatoms. The fourth-order valence-electron chi connectivity index (χ4n) is 5.16. The van der Waals surface area contributed by atoms with Crippen LogP contribution in [0.5, 0.6) is 5.75 Å². The Labute approximate surface area is 218 Å². The molecular weight excluding hydrogens is 462 g/mol. The molecule has 0 saturated carbocycles. The maximum absolute atomic E-state index is 13.2. The predicted molar refractivity (Wildman–Crippen MR) is 146 cm³/mol. The number of nitrogens with one attached hydrogen (secondary N) is 1. The highest BCUT2D eigenvalue weighted by atomic mass is 16.5. The molecule has 0 spiro atoms. The smallest absolute Gasteiger partial charge is 0.322 e. The standard InChI is InChI=1S/C31H31N3O3/c1-37-27-17-15-26(16-18-27)32-31(36)33-19-5-6-20-34-28(21-33)30(29(34)22-35)25-13-11-24(12-14-25)10-9-23-7-3-2-4-8-23/h2-8,11-18,28-30,35H,19-22H2,1H3,(H,32,36)/t28-,29+,30+/m0/s1. The van der Waals surface area contributed by atoms with Gasteiger partial charge in [-0.2, -0.15) is 0 Å². The summed E-state index contributed by atoms with van der Waals surface area (Å²) in [5.74, 6) is 7.30. The van der Waals surface area contributed by atoms with E-state index in [1.54, 1.807) is 7.11 Å². The summed E-state index contributed by atoms with van der Waals surface area (Å²) in [7, 11) is 1.62. The van der Waals surface area contributed by atoms with Crippen LogP contribution < -0.4 is 10.1 Å². The van der Waals surface area contributed by atoms with Gasteiger partial charge in [-0.15, -0.1) is 0 Å². The molecule has 0 aliphatic carbocycles. The van der Waals surface area contributed by atoms with Crippen LogP contribution in [-0.4, -0.2) is 66.4 Å². The van der Waals surface area contributed by atoms with Crippen molar-refractivity contribution in [2.24, 2.45) is 0 Å². The lowest BCUT2D eigenvalue weighted by Gasteiger charge is -2.56. The van der Waals surface area contributed by atoms with E-state index in [2.05, 4.69) is 40.3 Å². The van der Waals surface area contributed by atoms with E-state index in [4.69, 9.17) is 4.74 Å². The van der Waals surface area contributed by atoms with Crippen LogP contribution in [0.25, 0.3) is 0 Å². The molecule has 2 aliphatic rings. The van der Waals surface area contributed by atoms with E-state index in [0.717, 1.165) is 34.7 Å². The molecule has 2 heterocycles. The molecular formula is C31H31N3O3. The first-order valence-electron chi connectivity index (χ1n) is 12.5. The van der Waals surface area contributed by atoms with E-state index in [-0.39, 0.29) is 30.6 Å². The number of ether oxygens (including phenoxy) is 1. The van der Waals surface area contributed by atoms with Gasteiger partial charge in [0.1, 0.15) is 5.75 Å². The number of rotatable bonds is 4. The molecule has 0 radical (unpaired) electrons. The molecule has 0 bridgehead atoms. The molecule has 3 atom stereocenters. The van der Waals surface area contributed by atoms with Crippen LogP contribution in [0.4, 0.5) is 10.5 Å². The number of anilines is 1. The van der Waals surface area contributed by atoms with Gasteiger partial charge in [0.25, 0.3) is 0 Å². The van der Waals surface area contributed by atoms with Crippen LogP contribution >= 0.6 is 0 Å². The van der Waals surface area contributed by atoms with E-state index in [0.29, 0.717) is 13.1 Å². The Bertz CT molecular complexity index is 1290. The fraction of sp³-hybridized carbons (Fsp3) is 0.258. The number of carbonyl (C=O) groups excluding carboxylic acids is 1. The Balaban J connectivity index is 1.31. The van der Waals surface area contributed by atoms with Crippen molar-refractivity contribution in [2.75, 3.05) is 38.7 Å². The lowest BCUT2D eigenvalue weighted by molar-refractivity contribution is -0.0443. The van der Waals surface area contributed by atoms with Crippen molar-refractivity contribution in [3.8, 4) is 17.6 Å². The van der Waals surface area contributed by atoms with Crippen molar-refractivity contribution in [3.63, 3.8) is 0 Å². The first kappa shape index (κ1) is 24.6. The van der Waals surface area contributed by atoms with Gasteiger partial charge < -0.3 is 20.1 Å². The van der Waals surface area contributed by atoms with Gasteiger partial charge in [0.05, 0.1) is 13.7 Å². The number of benzene rings is 3. The molecule has 3 aromatic carbocycles. The van der Waals surface area contributed by atoms with Crippen LogP contribution in [0.1, 0.15) is 22.6 Å². The third-order valence-electron chi connectivity index (χ3n) is 7.13. The zero-order valence-corrected chi connectivity index (χ0v) is 20.9. The van der Waals surface area contributed by atoms with Gasteiger partial charge in [-0.3, -0.25) is 4.90 Å². The molecule has 1 saturated heterocycles. The van der Waals surface area contributed by atoms with Crippen molar-refractivity contribution < 1.29 is 14.6 Å². The molecule has 2 aliphatic heterocycles. The van der Waals surface area contributed by atoms with Gasteiger partial charge in [0.2, 0.25) is 0 Å². The van der Waals surface area contributed by atoms with E-state index in [1.807, 2.05) is 77.7 Å². The summed E-state index contributed by atoms with van der Waals surface area (Å²) in [6, 6.07) is 25.5. The lowest BCUT2D eigenvalue weighted by Crippen LogP contribution is -2.67. The second-order valence-corrected chi connectivity index (χ2v) is 9.31. The van der Waals surface area contributed by atoms with Crippen LogP contribution in [0.15, 0.2) is 91.0 Å². The van der Waals surface area contributed by atoms with Gasteiger partial charge in [-0.1, -0.05) is 54.3 Å². The number of hydrogen-bond donors (Lipinski definition) is 2. The number of aliphatic hydroxyl groups excluding tert-OH is 1. The third-order valence-corrected chi connectivity index (χ3v) is 7.13. The first-order valence-corrected chi connectivity index (χ1v) is 12.5. The quantitative estimate of drug-likeness (QED) is 0.420. The normalized spacial score (nSPS) is 20.9. The maximum Gasteiger partial charge on any atom is 0.322 e. The Morgan fingerprint density at radius 2 is 1.62 bits per heavy atom. The van der Waals surface area contributed by atoms with E-state index in [9.17, 15) is 9.90 Å². The zero-order valence-electron chi connectivity index (χ0n) is 20.9. The van der Waals surface area contributed by atoms with Crippen molar-refractivity contribution in [1.29, 1.82) is 0 Å². The number of amides is 2. The predicted octanol–water partition coefficient (Wildman–Crippen LogP) is 4.33. The van der Waals surface area contributed by atoms with Crippen molar-refractivity contribution >= 4 is 11.7 Å². The summed E-state index contributed by atoms with van der Waals surface area (Å²) in [5.41, 5.74) is 3.81. The molecule has 1 fully saturated rings. The molecule has 5 rings (SSSR count). The molecule has 0 unspecified atom stereocenters. The van der Waals surface area contributed by atoms with Gasteiger partial charge in [-0.05, 0) is 54.1 Å². The number of aliphatic hydroxyl groups is 1. The highest BCUT2D eigenvalue weighted by Crippen LogP contribution is 2.41. The van der Waals surface area contributed by atoms with Gasteiger partial charge in [0.15, 0.2) is 0 Å². The monoisotopic (exact) mass is 493 g/mol. The van der Waals surface area contributed by atoms with Crippen molar-refractivity contribution in [3.05, 3.63) is 108 Å². The summed E-state index contributed by atoms with van der Waals surface area (Å²) in [6.45, 7) is 1.95. The zero-order chi connectivity index (χ0) is 25.6. The minimum atomic E-state index is -0.144. The molecule has 37 heavy (non-hydrogen) atoms. The molecule has 188 valence electrons. The SMILES string of the molecule is COc1ccc(NC(=O)N2CC=CCN3[C@H](CO)[C@H](c4ccc(C#Cc5ccccc5)cc4)[C@@H]3C2)cc1. The number of fused-ring (bicyclic) bond motifs is 1. The Kier molecular flexibility index (Phi) is 7.55. The minimum Gasteiger partial charge on any atom is -0.497 e. The summed E-state index contributed by atoms with van der Waals surface area (Å²) >= 11 is 0. The second kappa shape index (κ2) is 11.3. The molecule has 3 aromatic rings. The van der Waals surface area contributed by atoms with Gasteiger partial charge in [0, 0.05) is 54.5 Å². The average Bonchev–Trinajstić information content (AvgIpc) is 2.92. The highest BCUT2D eigenvalue weighted by molar-refractivity contribution is 5.89. The highest BCUT2D eigenvalue weighted by Gasteiger charge is 2.49. The number of methoxy groups -OCH3 is 1. The number of nitrogens with zero attached hydrogens (tertiary/aromatic N) is 2. The molecule has 2 N–H and O–H groups in total. The number of urea groups is 1. The topological polar surface area (TPSA) is 65.0 Å². The van der Waals surface area contributed by atoms with Gasteiger partial charge >= 0.3 is 6.03 Å². The van der Waals surface area contributed by atoms with Crippen LogP contribution in [0.2, 0.25) is 0 Å². The molecule has 6 nitrogen and oxygen atoms in total. The first-order chi connectivity index (χ1) is 18.2. The van der Waals surface area contributed by atoms with Gasteiger partial charge in [-0.25, -0.2) is 4.79 Å². The Morgan fingerprint density at radius 1 is 0.946 bits per heavy atom. The molecule has 2 amide bonds. The number of hydrogen-bond acceptors (Lipinski definition) is 4. The molecule has 0 aromatic heterocycles. The number of carbonyl (C=O) groups is 1. The van der Waals surface area contributed by atoms with Crippen LogP contribution in [0.3, 0.4) is 0 Å². The van der Waals surface area contributed by atoms with E-state index < -0.39 is 0 Å². The van der Waals surface area contributed by atoms with Crippen LogP contribution in [0, 0.1) is 11.8 Å². The van der Waals surface area contributed by atoms with E-state index in [1.165, 1.54) is 0 Å². The maximum atomic E-state index is 13.2. The van der Waals surface area contributed by atoms with Crippen LogP contribution in [-0.2, 0) is 0 Å². The third kappa shape index (κ3) is 5.54. The summed E-state index contributed by atoms with van der Waals surface area (Å²) in [5, 5.41) is 13.2. The minimum absolute atomic E-state index is 0.0144.